The summed E-state index contributed by atoms with van der Waals surface area (Å²) in [7, 11) is 0. The van der Waals surface area contributed by atoms with Crippen molar-refractivity contribution in [1.29, 1.82) is 0 Å². The highest BCUT2D eigenvalue weighted by Gasteiger charge is 2.53. The van der Waals surface area contributed by atoms with Crippen molar-refractivity contribution in [1.82, 2.24) is 10.5 Å². The molecule has 0 unspecified atom stereocenters. The molecule has 7 nitrogen and oxygen atoms in total. The van der Waals surface area contributed by atoms with Gasteiger partial charge in [0.15, 0.2) is 0 Å². The Morgan fingerprint density at radius 1 is 1.03 bits per heavy atom. The molecule has 4 aliphatic carbocycles. The zero-order valence-electron chi connectivity index (χ0n) is 21.5. The van der Waals surface area contributed by atoms with Crippen LogP contribution >= 0.6 is 23.2 Å². The molecule has 3 aromatic rings. The number of carbonyl (C=O) groups is 2. The summed E-state index contributed by atoms with van der Waals surface area (Å²) < 4.78 is 12.5. The molecule has 2 bridgehead atoms. The molecule has 1 amide bonds. The van der Waals surface area contributed by atoms with E-state index in [9.17, 15) is 14.7 Å². The van der Waals surface area contributed by atoms with Crippen LogP contribution in [-0.2, 0) is 22.7 Å². The molecule has 204 valence electrons. The first-order valence-corrected chi connectivity index (χ1v) is 14.2. The van der Waals surface area contributed by atoms with Crippen LogP contribution in [0.15, 0.2) is 47.0 Å². The number of carboxylic acids is 1. The summed E-state index contributed by atoms with van der Waals surface area (Å²) in [6.07, 6.45) is 6.84. The van der Waals surface area contributed by atoms with E-state index in [1.54, 1.807) is 30.3 Å². The first kappa shape index (κ1) is 26.4. The molecule has 1 aromatic heterocycles. The molecule has 0 radical (unpaired) electrons. The first-order chi connectivity index (χ1) is 18.8. The van der Waals surface area contributed by atoms with Crippen molar-refractivity contribution < 1.29 is 24.0 Å². The second-order valence-electron chi connectivity index (χ2n) is 11.2. The van der Waals surface area contributed by atoms with Gasteiger partial charge in [0.1, 0.15) is 11.5 Å². The summed E-state index contributed by atoms with van der Waals surface area (Å²) in [6.45, 7) is 0.680. The smallest absolute Gasteiger partial charge is 0.335 e. The van der Waals surface area contributed by atoms with Crippen molar-refractivity contribution in [3.63, 3.8) is 0 Å². The number of halogens is 2. The number of ether oxygens (including phenoxy) is 1. The second kappa shape index (κ2) is 10.3. The van der Waals surface area contributed by atoms with E-state index in [4.69, 9.17) is 32.5 Å². The van der Waals surface area contributed by atoms with E-state index < -0.39 is 11.4 Å². The van der Waals surface area contributed by atoms with Gasteiger partial charge in [-0.05, 0) is 81.2 Å². The normalized spacial score (nSPS) is 24.1. The van der Waals surface area contributed by atoms with Crippen molar-refractivity contribution in [2.24, 2.45) is 5.41 Å². The zero-order valence-corrected chi connectivity index (χ0v) is 23.0. The molecule has 4 fully saturated rings. The molecule has 1 heterocycles. The van der Waals surface area contributed by atoms with Gasteiger partial charge in [0.2, 0.25) is 5.91 Å². The summed E-state index contributed by atoms with van der Waals surface area (Å²) in [5, 5.41) is 17.7. The van der Waals surface area contributed by atoms with E-state index in [1.807, 2.05) is 12.1 Å². The molecule has 4 aliphatic rings. The van der Waals surface area contributed by atoms with Crippen molar-refractivity contribution in [2.75, 3.05) is 0 Å². The third-order valence-electron chi connectivity index (χ3n) is 8.78. The van der Waals surface area contributed by atoms with Crippen LogP contribution in [0.2, 0.25) is 10.0 Å². The zero-order chi connectivity index (χ0) is 27.2. The molecule has 7 rings (SSSR count). The molecule has 2 aromatic carbocycles. The Morgan fingerprint density at radius 3 is 2.33 bits per heavy atom. The Labute approximate surface area is 236 Å². The van der Waals surface area contributed by atoms with Crippen LogP contribution in [0.4, 0.5) is 0 Å². The molecule has 0 saturated heterocycles. The lowest BCUT2D eigenvalue weighted by molar-refractivity contribution is -0.162. The van der Waals surface area contributed by atoms with Gasteiger partial charge in [-0.25, -0.2) is 4.79 Å². The number of amides is 1. The number of benzene rings is 2. The van der Waals surface area contributed by atoms with Crippen molar-refractivity contribution in [2.45, 2.75) is 76.0 Å². The predicted octanol–water partition coefficient (Wildman–Crippen LogP) is 7.15. The molecule has 0 atom stereocenters. The number of hydrogen-bond donors (Lipinski definition) is 2. The van der Waals surface area contributed by atoms with Crippen molar-refractivity contribution in [3.05, 3.63) is 75.0 Å². The predicted molar refractivity (Wildman–Crippen MR) is 147 cm³/mol. The van der Waals surface area contributed by atoms with Crippen LogP contribution in [0.1, 0.15) is 84.5 Å². The van der Waals surface area contributed by atoms with Gasteiger partial charge in [-0.15, -0.1) is 0 Å². The number of hydrogen-bond acceptors (Lipinski definition) is 5. The number of rotatable bonds is 9. The highest BCUT2D eigenvalue weighted by atomic mass is 35.5. The molecule has 9 heteroatoms. The molecule has 39 heavy (non-hydrogen) atoms. The standard InChI is InChI=1S/C30H30Cl2N2O5/c31-22-5-2-6-23(32)24(22)25-21(26(39-34-25)19-7-8-19)17-38-30-12-9-29(10-13-30,11-14-30)28(37)33-16-18-3-1-4-20(15-18)27(35)36/h1-6,15,19H,7-14,16-17H2,(H,33,37)(H,35,36). The van der Waals surface area contributed by atoms with Gasteiger partial charge in [-0.2, -0.15) is 0 Å². The molecular formula is C30H30Cl2N2O5. The largest absolute Gasteiger partial charge is 0.478 e. The summed E-state index contributed by atoms with van der Waals surface area (Å²) >= 11 is 13.0. The number of carboxylic acid groups (broad SMARTS) is 1. The monoisotopic (exact) mass is 568 g/mol. The van der Waals surface area contributed by atoms with E-state index in [2.05, 4.69) is 10.5 Å². The quantitative estimate of drug-likeness (QED) is 0.284. The number of aromatic nitrogens is 1. The summed E-state index contributed by atoms with van der Waals surface area (Å²) in [4.78, 5) is 24.6. The fourth-order valence-electron chi connectivity index (χ4n) is 6.17. The van der Waals surface area contributed by atoms with Gasteiger partial charge >= 0.3 is 5.97 Å². The number of nitrogens with zero attached hydrogens (tertiary/aromatic N) is 1. The fourth-order valence-corrected chi connectivity index (χ4v) is 6.74. The highest BCUT2D eigenvalue weighted by molar-refractivity contribution is 6.39. The third kappa shape index (κ3) is 5.08. The van der Waals surface area contributed by atoms with E-state index in [0.29, 0.717) is 40.4 Å². The Hall–Kier alpha value is -2.87. The Kier molecular flexibility index (Phi) is 6.94. The van der Waals surface area contributed by atoms with Crippen LogP contribution in [0, 0.1) is 5.41 Å². The average Bonchev–Trinajstić information content (AvgIpc) is 3.71. The van der Waals surface area contributed by atoms with Crippen LogP contribution < -0.4 is 5.32 Å². The number of fused-ring (bicyclic) bond motifs is 3. The SMILES string of the molecule is O=C(O)c1cccc(CNC(=O)C23CCC(OCc4c(-c5c(Cl)cccc5Cl)noc4C4CC4)(CC2)CC3)c1. The summed E-state index contributed by atoms with van der Waals surface area (Å²) in [6, 6.07) is 12.1. The number of nitrogens with one attached hydrogen (secondary N) is 1. The van der Waals surface area contributed by atoms with Crippen LogP contribution in [-0.4, -0.2) is 27.7 Å². The topological polar surface area (TPSA) is 102 Å². The van der Waals surface area contributed by atoms with Gasteiger partial charge in [-0.1, -0.05) is 46.6 Å². The van der Waals surface area contributed by atoms with Crippen LogP contribution in [0.5, 0.6) is 0 Å². The maximum absolute atomic E-state index is 13.3. The van der Waals surface area contributed by atoms with E-state index in [-0.39, 0.29) is 17.1 Å². The van der Waals surface area contributed by atoms with Gasteiger partial charge in [-0.3, -0.25) is 4.79 Å². The van der Waals surface area contributed by atoms with Crippen molar-refractivity contribution in [3.8, 4) is 11.3 Å². The van der Waals surface area contributed by atoms with E-state index in [0.717, 1.165) is 68.3 Å². The summed E-state index contributed by atoms with van der Waals surface area (Å²) in [5.74, 6) is 0.288. The van der Waals surface area contributed by atoms with Gasteiger partial charge in [0, 0.05) is 29.0 Å². The molecular weight excluding hydrogens is 539 g/mol. The Bertz CT molecular complexity index is 1390. The minimum Gasteiger partial charge on any atom is -0.478 e. The number of aromatic carboxylic acids is 1. The second-order valence-corrected chi connectivity index (χ2v) is 12.0. The minimum absolute atomic E-state index is 0.0437. The first-order valence-electron chi connectivity index (χ1n) is 13.5. The minimum atomic E-state index is -0.977. The fraction of sp³-hybridized carbons (Fsp3) is 0.433. The van der Waals surface area contributed by atoms with Crippen LogP contribution in [0.25, 0.3) is 11.3 Å². The summed E-state index contributed by atoms with van der Waals surface area (Å²) in [5.41, 5.74) is 2.55. The number of carbonyl (C=O) groups excluding carboxylic acids is 1. The van der Waals surface area contributed by atoms with E-state index >= 15 is 0 Å². The lowest BCUT2D eigenvalue weighted by Crippen LogP contribution is -2.53. The maximum atomic E-state index is 13.3. The molecule has 0 spiro atoms. The van der Waals surface area contributed by atoms with Gasteiger partial charge in [0.05, 0.1) is 27.8 Å². The average molecular weight is 569 g/mol. The van der Waals surface area contributed by atoms with Crippen LogP contribution in [0.3, 0.4) is 0 Å². The van der Waals surface area contributed by atoms with E-state index in [1.165, 1.54) is 0 Å². The maximum Gasteiger partial charge on any atom is 0.335 e. The van der Waals surface area contributed by atoms with Crippen molar-refractivity contribution >= 4 is 35.1 Å². The van der Waals surface area contributed by atoms with Gasteiger partial charge < -0.3 is 19.7 Å². The Morgan fingerprint density at radius 2 is 1.69 bits per heavy atom. The Balaban J connectivity index is 1.12. The highest BCUT2D eigenvalue weighted by Crippen LogP contribution is 2.55. The lowest BCUT2D eigenvalue weighted by atomic mass is 9.58. The lowest BCUT2D eigenvalue weighted by Gasteiger charge is -2.52. The van der Waals surface area contributed by atoms with Gasteiger partial charge in [0.25, 0.3) is 0 Å². The third-order valence-corrected chi connectivity index (χ3v) is 9.41. The molecule has 2 N–H and O–H groups in total. The molecule has 0 aliphatic heterocycles. The molecule has 4 saturated carbocycles.